The summed E-state index contributed by atoms with van der Waals surface area (Å²) >= 11 is 1.84. The highest BCUT2D eigenvalue weighted by Gasteiger charge is 2.37. The van der Waals surface area contributed by atoms with Crippen LogP contribution in [0.1, 0.15) is 6.42 Å². The summed E-state index contributed by atoms with van der Waals surface area (Å²) in [5, 5.41) is 0. The van der Waals surface area contributed by atoms with Gasteiger partial charge in [0.1, 0.15) is 5.44 Å². The molecule has 1 atom stereocenters. The first-order valence-electron chi connectivity index (χ1n) is 4.65. The van der Waals surface area contributed by atoms with Crippen molar-refractivity contribution in [3.05, 3.63) is 0 Å². The van der Waals surface area contributed by atoms with Crippen molar-refractivity contribution in [3.63, 3.8) is 0 Å². The fraction of sp³-hybridized carbons (Fsp3) is 1.00. The Morgan fingerprint density at radius 3 is 2.21 bits per heavy atom. The third-order valence-electron chi connectivity index (χ3n) is 2.17. The average Bonchev–Trinajstić information content (AvgIpc) is 3.03. The summed E-state index contributed by atoms with van der Waals surface area (Å²) in [6, 6.07) is 0.813. The van der Waals surface area contributed by atoms with Gasteiger partial charge in [0.2, 0.25) is 0 Å². The Morgan fingerprint density at radius 1 is 1.21 bits per heavy atom. The van der Waals surface area contributed by atoms with Gasteiger partial charge in [-0.2, -0.15) is 0 Å². The lowest BCUT2D eigenvalue weighted by Crippen LogP contribution is -2.42. The summed E-state index contributed by atoms with van der Waals surface area (Å²) in [5.41, 5.74) is 0.443. The van der Waals surface area contributed by atoms with Crippen molar-refractivity contribution in [2.24, 2.45) is 0 Å². The molecule has 1 heterocycles. The molecule has 1 rings (SSSR count). The number of ether oxygens (including phenoxy) is 1. The van der Waals surface area contributed by atoms with Crippen LogP contribution in [0.4, 0.5) is 0 Å². The van der Waals surface area contributed by atoms with Gasteiger partial charge in [-0.15, -0.1) is 11.8 Å². The van der Waals surface area contributed by atoms with E-state index in [9.17, 15) is 0 Å². The Hall–Kier alpha value is 0.407. The minimum atomic E-state index is -2.36. The van der Waals surface area contributed by atoms with E-state index in [1.54, 1.807) is 21.3 Å². The smallest absolute Gasteiger partial charge is 0.377 e. The minimum absolute atomic E-state index is 0.443. The summed E-state index contributed by atoms with van der Waals surface area (Å²) in [6.07, 6.45) is 0.929. The van der Waals surface area contributed by atoms with Crippen molar-refractivity contribution in [1.82, 2.24) is 0 Å². The molecule has 1 saturated heterocycles. The zero-order chi connectivity index (χ0) is 10.4. The zero-order valence-corrected chi connectivity index (χ0v) is 10.8. The maximum Gasteiger partial charge on any atom is 0.500 e. The van der Waals surface area contributed by atoms with Gasteiger partial charge in [0.05, 0.1) is 0 Å². The molecule has 1 unspecified atom stereocenters. The fourth-order valence-electron chi connectivity index (χ4n) is 1.20. The molecule has 4 nitrogen and oxygen atoms in total. The Bertz CT molecular complexity index is 153. The lowest BCUT2D eigenvalue weighted by atomic mass is 10.5. The summed E-state index contributed by atoms with van der Waals surface area (Å²) in [4.78, 5) is 0. The first-order valence-corrected chi connectivity index (χ1v) is 7.63. The van der Waals surface area contributed by atoms with Crippen LogP contribution in [0.25, 0.3) is 0 Å². The Labute approximate surface area is 90.6 Å². The van der Waals surface area contributed by atoms with Gasteiger partial charge in [-0.1, -0.05) is 0 Å². The molecule has 0 amide bonds. The van der Waals surface area contributed by atoms with E-state index in [1.165, 1.54) is 0 Å². The Kier molecular flexibility index (Phi) is 5.43. The van der Waals surface area contributed by atoms with Crippen LogP contribution < -0.4 is 0 Å². The van der Waals surface area contributed by atoms with E-state index in [0.717, 1.165) is 24.8 Å². The Balaban J connectivity index is 2.11. The van der Waals surface area contributed by atoms with Crippen molar-refractivity contribution >= 4 is 20.6 Å². The van der Waals surface area contributed by atoms with Crippen LogP contribution in [0.2, 0.25) is 6.04 Å². The largest absolute Gasteiger partial charge is 0.500 e. The van der Waals surface area contributed by atoms with Crippen molar-refractivity contribution in [2.45, 2.75) is 17.9 Å². The van der Waals surface area contributed by atoms with Gasteiger partial charge in [-0.3, -0.25) is 0 Å². The second kappa shape index (κ2) is 6.09. The molecule has 14 heavy (non-hydrogen) atoms. The van der Waals surface area contributed by atoms with E-state index in [4.69, 9.17) is 18.0 Å². The molecular weight excluding hydrogens is 220 g/mol. The summed E-state index contributed by atoms with van der Waals surface area (Å²) < 4.78 is 21.4. The summed E-state index contributed by atoms with van der Waals surface area (Å²) in [7, 11) is 2.55. The predicted octanol–water partition coefficient (Wildman–Crippen LogP) is 1.34. The van der Waals surface area contributed by atoms with Crippen molar-refractivity contribution in [3.8, 4) is 0 Å². The van der Waals surface area contributed by atoms with Gasteiger partial charge < -0.3 is 18.0 Å². The predicted molar refractivity (Wildman–Crippen MR) is 58.4 cm³/mol. The number of hydrogen-bond donors (Lipinski definition) is 0. The molecule has 1 fully saturated rings. The highest BCUT2D eigenvalue weighted by atomic mass is 32.2. The average molecular weight is 238 g/mol. The molecule has 0 aliphatic carbocycles. The monoisotopic (exact) mass is 238 g/mol. The van der Waals surface area contributed by atoms with E-state index < -0.39 is 8.80 Å². The highest BCUT2D eigenvalue weighted by molar-refractivity contribution is 8.06. The molecule has 0 aromatic heterocycles. The van der Waals surface area contributed by atoms with Crippen molar-refractivity contribution < 1.29 is 18.0 Å². The minimum Gasteiger partial charge on any atom is -0.377 e. The van der Waals surface area contributed by atoms with Crippen LogP contribution >= 0.6 is 11.8 Å². The number of rotatable bonds is 8. The quantitative estimate of drug-likeness (QED) is 0.362. The molecule has 0 spiro atoms. The van der Waals surface area contributed by atoms with Crippen LogP contribution in [0.15, 0.2) is 0 Å². The maximum absolute atomic E-state index is 5.50. The van der Waals surface area contributed by atoms with Gasteiger partial charge >= 0.3 is 8.80 Å². The molecule has 84 valence electrons. The second-order valence-corrected chi connectivity index (χ2v) is 7.32. The molecule has 1 aliphatic rings. The first kappa shape index (κ1) is 12.5. The molecule has 0 bridgehead atoms. The summed E-state index contributed by atoms with van der Waals surface area (Å²) in [5.74, 6) is 1.14. The Morgan fingerprint density at radius 2 is 1.79 bits per heavy atom. The SMILES string of the molecule is CO[Si](CCCOC1CS1)(OC)OC. The normalized spacial score (nSPS) is 21.2. The number of hydrogen-bond acceptors (Lipinski definition) is 5. The first-order chi connectivity index (χ1) is 6.76. The molecule has 0 radical (unpaired) electrons. The third kappa shape index (κ3) is 3.88. The van der Waals surface area contributed by atoms with Crippen LogP contribution in [-0.2, 0) is 18.0 Å². The summed E-state index contributed by atoms with van der Waals surface area (Å²) in [6.45, 7) is 0.766. The van der Waals surface area contributed by atoms with Gasteiger partial charge in [0.25, 0.3) is 0 Å². The molecule has 0 N–H and O–H groups in total. The lowest BCUT2D eigenvalue weighted by molar-refractivity contribution is 0.110. The highest BCUT2D eigenvalue weighted by Crippen LogP contribution is 2.31. The fourth-order valence-corrected chi connectivity index (χ4v) is 3.25. The van der Waals surface area contributed by atoms with Crippen LogP contribution in [0.3, 0.4) is 0 Å². The van der Waals surface area contributed by atoms with Gasteiger partial charge in [0.15, 0.2) is 0 Å². The van der Waals surface area contributed by atoms with Crippen LogP contribution in [0, 0.1) is 0 Å². The van der Waals surface area contributed by atoms with Crippen molar-refractivity contribution in [2.75, 3.05) is 33.7 Å². The van der Waals surface area contributed by atoms with E-state index in [0.29, 0.717) is 5.44 Å². The third-order valence-corrected chi connectivity index (χ3v) is 5.74. The number of thioether (sulfide) groups is 1. The maximum atomic E-state index is 5.50. The van der Waals surface area contributed by atoms with Crippen molar-refractivity contribution in [1.29, 1.82) is 0 Å². The molecule has 0 aromatic carbocycles. The van der Waals surface area contributed by atoms with E-state index in [-0.39, 0.29) is 0 Å². The zero-order valence-electron chi connectivity index (χ0n) is 8.95. The molecule has 0 saturated carbocycles. The second-order valence-electron chi connectivity index (χ2n) is 3.03. The van der Waals surface area contributed by atoms with Gasteiger partial charge in [-0.05, 0) is 6.42 Å². The molecular formula is C8H18O4SSi. The van der Waals surface area contributed by atoms with Gasteiger partial charge in [0, 0.05) is 39.7 Å². The van der Waals surface area contributed by atoms with Crippen LogP contribution in [-0.4, -0.2) is 47.9 Å². The molecule has 6 heteroatoms. The van der Waals surface area contributed by atoms with E-state index in [2.05, 4.69) is 0 Å². The molecule has 1 aliphatic heterocycles. The topological polar surface area (TPSA) is 36.9 Å². The van der Waals surface area contributed by atoms with Crippen LogP contribution in [0.5, 0.6) is 0 Å². The standard InChI is InChI=1S/C8H18O4SSi/c1-9-14(10-2,11-3)6-4-5-12-8-7-13-8/h8H,4-7H2,1-3H3. The van der Waals surface area contributed by atoms with E-state index in [1.807, 2.05) is 11.8 Å². The van der Waals surface area contributed by atoms with E-state index >= 15 is 0 Å². The lowest BCUT2D eigenvalue weighted by Gasteiger charge is -2.24. The van der Waals surface area contributed by atoms with Gasteiger partial charge in [-0.25, -0.2) is 0 Å². The molecule has 0 aromatic rings.